The van der Waals surface area contributed by atoms with E-state index in [0.29, 0.717) is 13.0 Å². The van der Waals surface area contributed by atoms with Gasteiger partial charge in [-0.2, -0.15) is 0 Å². The number of fused-ring (bicyclic) bond motifs is 1. The predicted octanol–water partition coefficient (Wildman–Crippen LogP) is 3.27. The number of sulfonamides is 1. The third kappa shape index (κ3) is 4.65. The van der Waals surface area contributed by atoms with E-state index in [1.54, 1.807) is 13.8 Å². The lowest BCUT2D eigenvalue weighted by molar-refractivity contribution is 0.0950. The number of rotatable bonds is 7. The van der Waals surface area contributed by atoms with Crippen molar-refractivity contribution in [1.82, 2.24) is 15.0 Å². The average molecular weight is 418 g/mol. The average Bonchev–Trinajstić information content (AvgIpc) is 3.05. The molecule has 1 heterocycles. The van der Waals surface area contributed by atoms with E-state index in [2.05, 4.69) is 15.0 Å². The minimum absolute atomic E-state index is 0.148. The van der Waals surface area contributed by atoms with E-state index >= 15 is 0 Å². The minimum atomic E-state index is -3.82. The predicted molar refractivity (Wildman–Crippen MR) is 111 cm³/mol. The van der Waals surface area contributed by atoms with Crippen molar-refractivity contribution in [2.75, 3.05) is 6.54 Å². The zero-order chi connectivity index (χ0) is 21.2. The minimum Gasteiger partial charge on any atom is -0.361 e. The third-order valence-electron chi connectivity index (χ3n) is 4.56. The van der Waals surface area contributed by atoms with Gasteiger partial charge in [-0.1, -0.05) is 12.1 Å². The number of benzene rings is 2. The number of nitrogens with one attached hydrogen (secondary N) is 3. The molecule has 8 heteroatoms. The number of amides is 1. The number of carbonyl (C=O) groups is 1. The topological polar surface area (TPSA) is 91.1 Å². The molecule has 1 amide bonds. The first-order valence-corrected chi connectivity index (χ1v) is 10.8. The molecule has 154 valence electrons. The van der Waals surface area contributed by atoms with Crippen LogP contribution in [0.5, 0.6) is 0 Å². The number of aryl methyl sites for hydroxylation is 1. The van der Waals surface area contributed by atoms with Gasteiger partial charge < -0.3 is 10.3 Å². The quantitative estimate of drug-likeness (QED) is 0.551. The number of halogens is 1. The zero-order valence-corrected chi connectivity index (χ0v) is 17.4. The van der Waals surface area contributed by atoms with Crippen molar-refractivity contribution < 1.29 is 17.6 Å². The summed E-state index contributed by atoms with van der Waals surface area (Å²) in [5.41, 5.74) is 2.91. The molecular weight excluding hydrogens is 393 g/mol. The van der Waals surface area contributed by atoms with Crippen LogP contribution >= 0.6 is 0 Å². The van der Waals surface area contributed by atoms with Gasteiger partial charge in [0.05, 0.1) is 10.5 Å². The van der Waals surface area contributed by atoms with Crippen LogP contribution in [0.15, 0.2) is 47.5 Å². The first kappa shape index (κ1) is 21.0. The fourth-order valence-electron chi connectivity index (χ4n) is 3.28. The van der Waals surface area contributed by atoms with Crippen LogP contribution in [0.3, 0.4) is 0 Å². The van der Waals surface area contributed by atoms with Crippen LogP contribution in [0.2, 0.25) is 0 Å². The normalized spacial score (nSPS) is 11.9. The first-order chi connectivity index (χ1) is 13.7. The molecule has 29 heavy (non-hydrogen) atoms. The fourth-order valence-corrected chi connectivity index (χ4v) is 4.56. The number of hydrogen-bond donors (Lipinski definition) is 3. The Morgan fingerprint density at radius 3 is 2.69 bits per heavy atom. The van der Waals surface area contributed by atoms with Gasteiger partial charge in [-0.15, -0.1) is 0 Å². The molecule has 0 saturated carbocycles. The van der Waals surface area contributed by atoms with E-state index in [4.69, 9.17) is 0 Å². The molecule has 6 nitrogen and oxygen atoms in total. The molecule has 2 aromatic carbocycles. The summed E-state index contributed by atoms with van der Waals surface area (Å²) in [5.74, 6) is -1.42. The van der Waals surface area contributed by atoms with Gasteiger partial charge in [-0.3, -0.25) is 4.79 Å². The molecule has 0 aliphatic carbocycles. The van der Waals surface area contributed by atoms with E-state index in [-0.39, 0.29) is 16.5 Å². The maximum Gasteiger partial charge on any atom is 0.254 e. The Morgan fingerprint density at radius 1 is 1.21 bits per heavy atom. The summed E-state index contributed by atoms with van der Waals surface area (Å²) in [7, 11) is -3.82. The molecular formula is C21H24FN3O3S. The molecule has 0 saturated heterocycles. The van der Waals surface area contributed by atoms with Gasteiger partial charge in [0.1, 0.15) is 5.82 Å². The lowest BCUT2D eigenvalue weighted by atomic mass is 10.1. The van der Waals surface area contributed by atoms with Crippen molar-refractivity contribution in [2.24, 2.45) is 0 Å². The highest BCUT2D eigenvalue weighted by molar-refractivity contribution is 7.89. The molecule has 3 rings (SSSR count). The van der Waals surface area contributed by atoms with Crippen LogP contribution in [-0.4, -0.2) is 31.9 Å². The fraction of sp³-hybridized carbons (Fsp3) is 0.286. The van der Waals surface area contributed by atoms with E-state index in [1.165, 1.54) is 0 Å². The number of carbonyl (C=O) groups excluding carboxylic acids is 1. The standard InChI is InChI=1S/C21H24FN3O3S/c1-13(2)25-29(27,28)16-7-8-18(22)17(11-16)21(26)23-10-9-15-12-24-19-6-4-5-14(3)20(15)19/h4-8,11-13,24-25H,9-10H2,1-3H3,(H,23,26). The summed E-state index contributed by atoms with van der Waals surface area (Å²) in [6, 6.07) is 8.85. The van der Waals surface area contributed by atoms with Crippen LogP contribution in [-0.2, 0) is 16.4 Å². The number of hydrogen-bond acceptors (Lipinski definition) is 3. The van der Waals surface area contributed by atoms with Gasteiger partial charge in [-0.25, -0.2) is 17.5 Å². The van der Waals surface area contributed by atoms with Crippen LogP contribution in [0.25, 0.3) is 10.9 Å². The molecule has 0 atom stereocenters. The van der Waals surface area contributed by atoms with Crippen molar-refractivity contribution in [3.05, 3.63) is 65.1 Å². The summed E-state index contributed by atoms with van der Waals surface area (Å²) >= 11 is 0. The zero-order valence-electron chi connectivity index (χ0n) is 16.5. The van der Waals surface area contributed by atoms with Crippen molar-refractivity contribution in [3.8, 4) is 0 Å². The van der Waals surface area contributed by atoms with E-state index in [9.17, 15) is 17.6 Å². The summed E-state index contributed by atoms with van der Waals surface area (Å²) in [6.45, 7) is 5.67. The van der Waals surface area contributed by atoms with E-state index < -0.39 is 21.7 Å². The van der Waals surface area contributed by atoms with Crippen molar-refractivity contribution in [3.63, 3.8) is 0 Å². The Kier molecular flexibility index (Phi) is 6.04. The SMILES string of the molecule is Cc1cccc2[nH]cc(CCNC(=O)c3cc(S(=O)(=O)NC(C)C)ccc3F)c12. The second-order valence-electron chi connectivity index (χ2n) is 7.23. The van der Waals surface area contributed by atoms with E-state index in [0.717, 1.165) is 40.2 Å². The van der Waals surface area contributed by atoms with Gasteiger partial charge in [0, 0.05) is 29.7 Å². The summed E-state index contributed by atoms with van der Waals surface area (Å²) in [4.78, 5) is 15.5. The van der Waals surface area contributed by atoms with Gasteiger partial charge in [0.25, 0.3) is 5.91 Å². The largest absolute Gasteiger partial charge is 0.361 e. The molecule has 0 bridgehead atoms. The van der Waals surface area contributed by atoms with Crippen molar-refractivity contribution in [2.45, 2.75) is 38.1 Å². The maximum atomic E-state index is 14.2. The lowest BCUT2D eigenvalue weighted by Gasteiger charge is -2.11. The Labute approximate surface area is 169 Å². The molecule has 0 radical (unpaired) electrons. The Bertz CT molecular complexity index is 1150. The van der Waals surface area contributed by atoms with Crippen molar-refractivity contribution >= 4 is 26.8 Å². The number of aromatic nitrogens is 1. The van der Waals surface area contributed by atoms with Crippen molar-refractivity contribution in [1.29, 1.82) is 0 Å². The number of aromatic amines is 1. The summed E-state index contributed by atoms with van der Waals surface area (Å²) in [6.07, 6.45) is 2.46. The highest BCUT2D eigenvalue weighted by atomic mass is 32.2. The van der Waals surface area contributed by atoms with Crippen LogP contribution < -0.4 is 10.0 Å². The Balaban J connectivity index is 1.73. The highest BCUT2D eigenvalue weighted by Gasteiger charge is 2.20. The van der Waals surface area contributed by atoms with E-state index in [1.807, 2.05) is 31.3 Å². The second-order valence-corrected chi connectivity index (χ2v) is 8.95. The van der Waals surface area contributed by atoms with Gasteiger partial charge >= 0.3 is 0 Å². The highest BCUT2D eigenvalue weighted by Crippen LogP contribution is 2.22. The summed E-state index contributed by atoms with van der Waals surface area (Å²) < 4.78 is 41.1. The molecule has 0 fully saturated rings. The Morgan fingerprint density at radius 2 is 1.97 bits per heavy atom. The molecule has 0 aliphatic heterocycles. The molecule has 3 N–H and O–H groups in total. The molecule has 0 aliphatic rings. The van der Waals surface area contributed by atoms with Gasteiger partial charge in [0.15, 0.2) is 0 Å². The maximum absolute atomic E-state index is 14.2. The van der Waals surface area contributed by atoms with Crippen LogP contribution in [0, 0.1) is 12.7 Å². The lowest BCUT2D eigenvalue weighted by Crippen LogP contribution is -2.31. The molecule has 1 aromatic heterocycles. The monoisotopic (exact) mass is 417 g/mol. The molecule has 3 aromatic rings. The molecule has 0 spiro atoms. The van der Waals surface area contributed by atoms with Gasteiger partial charge in [-0.05, 0) is 62.6 Å². The smallest absolute Gasteiger partial charge is 0.254 e. The first-order valence-electron chi connectivity index (χ1n) is 9.34. The van der Waals surface area contributed by atoms with Crippen LogP contribution in [0.4, 0.5) is 4.39 Å². The van der Waals surface area contributed by atoms with Crippen LogP contribution in [0.1, 0.15) is 35.3 Å². The van der Waals surface area contributed by atoms with Gasteiger partial charge in [0.2, 0.25) is 10.0 Å². The number of H-pyrrole nitrogens is 1. The second kappa shape index (κ2) is 8.34. The third-order valence-corrected chi connectivity index (χ3v) is 6.22. The Hall–Kier alpha value is -2.71. The summed E-state index contributed by atoms with van der Waals surface area (Å²) in [5, 5.41) is 3.79. The molecule has 0 unspecified atom stereocenters.